The Labute approximate surface area is 102 Å². The number of aromatic nitrogens is 2. The van der Waals surface area contributed by atoms with E-state index in [0.29, 0.717) is 11.3 Å². The summed E-state index contributed by atoms with van der Waals surface area (Å²) in [6.45, 7) is 2.28. The van der Waals surface area contributed by atoms with E-state index in [-0.39, 0.29) is 0 Å². The molecule has 1 aromatic heterocycles. The van der Waals surface area contributed by atoms with Crippen LogP contribution in [-0.2, 0) is 0 Å². The lowest BCUT2D eigenvalue weighted by Crippen LogP contribution is -2.26. The topological polar surface area (TPSA) is 37.8 Å². The van der Waals surface area contributed by atoms with Gasteiger partial charge in [0.05, 0.1) is 0 Å². The van der Waals surface area contributed by atoms with E-state index in [9.17, 15) is 0 Å². The Bertz CT molecular complexity index is 335. The van der Waals surface area contributed by atoms with Crippen molar-refractivity contribution in [3.8, 4) is 0 Å². The first-order chi connectivity index (χ1) is 7.78. The van der Waals surface area contributed by atoms with Crippen molar-refractivity contribution < 1.29 is 0 Å². The number of hydrogen-bond donors (Lipinski definition) is 1. The van der Waals surface area contributed by atoms with E-state index in [1.807, 2.05) is 6.07 Å². The van der Waals surface area contributed by atoms with Crippen LogP contribution in [0.3, 0.4) is 0 Å². The van der Waals surface area contributed by atoms with Gasteiger partial charge in [-0.25, -0.2) is 9.97 Å². The summed E-state index contributed by atoms with van der Waals surface area (Å²) in [4.78, 5) is 8.02. The van der Waals surface area contributed by atoms with E-state index < -0.39 is 0 Å². The summed E-state index contributed by atoms with van der Waals surface area (Å²) in [6, 6.07) is 2.42. The van der Waals surface area contributed by atoms with Crippen LogP contribution in [0.2, 0.25) is 5.28 Å². The highest BCUT2D eigenvalue weighted by Gasteiger charge is 2.19. The lowest BCUT2D eigenvalue weighted by atomic mass is 9.84. The number of nitrogens with zero attached hydrogens (tertiary/aromatic N) is 2. The summed E-state index contributed by atoms with van der Waals surface area (Å²) in [5, 5.41) is 3.74. The number of nitrogens with one attached hydrogen (secondary N) is 1. The summed E-state index contributed by atoms with van der Waals surface area (Å²) in [5.41, 5.74) is 0. The number of halogens is 1. The van der Waals surface area contributed by atoms with Crippen LogP contribution in [0.25, 0.3) is 0 Å². The molecule has 0 aromatic carbocycles. The molecular weight excluding hydrogens is 222 g/mol. The lowest BCUT2D eigenvalue weighted by Gasteiger charge is -2.28. The quantitative estimate of drug-likeness (QED) is 0.821. The van der Waals surface area contributed by atoms with Crippen molar-refractivity contribution in [2.75, 3.05) is 5.32 Å². The SMILES string of the molecule is CCC1CCC(Nc2ccnc(Cl)n2)CC1. The predicted molar refractivity (Wildman–Crippen MR) is 66.7 cm³/mol. The van der Waals surface area contributed by atoms with E-state index in [0.717, 1.165) is 11.7 Å². The van der Waals surface area contributed by atoms with Crippen molar-refractivity contribution in [2.24, 2.45) is 5.92 Å². The maximum atomic E-state index is 5.75. The van der Waals surface area contributed by atoms with Gasteiger partial charge in [0, 0.05) is 12.2 Å². The highest BCUT2D eigenvalue weighted by atomic mass is 35.5. The molecule has 1 saturated carbocycles. The van der Waals surface area contributed by atoms with Crippen LogP contribution in [0.15, 0.2) is 12.3 Å². The van der Waals surface area contributed by atoms with Gasteiger partial charge in [-0.1, -0.05) is 13.3 Å². The smallest absolute Gasteiger partial charge is 0.224 e. The minimum Gasteiger partial charge on any atom is -0.367 e. The van der Waals surface area contributed by atoms with Gasteiger partial charge in [0.25, 0.3) is 0 Å². The van der Waals surface area contributed by atoms with E-state index in [2.05, 4.69) is 22.2 Å². The lowest BCUT2D eigenvalue weighted by molar-refractivity contribution is 0.330. The molecule has 0 amide bonds. The van der Waals surface area contributed by atoms with Crippen LogP contribution >= 0.6 is 11.6 Å². The molecule has 88 valence electrons. The number of hydrogen-bond acceptors (Lipinski definition) is 3. The van der Waals surface area contributed by atoms with Gasteiger partial charge in [0.2, 0.25) is 5.28 Å². The summed E-state index contributed by atoms with van der Waals surface area (Å²) in [6.07, 6.45) is 8.13. The van der Waals surface area contributed by atoms with Gasteiger partial charge in [0.1, 0.15) is 5.82 Å². The van der Waals surface area contributed by atoms with Gasteiger partial charge in [-0.3, -0.25) is 0 Å². The molecule has 2 rings (SSSR count). The van der Waals surface area contributed by atoms with Gasteiger partial charge >= 0.3 is 0 Å². The molecule has 0 unspecified atom stereocenters. The molecule has 0 saturated heterocycles. The maximum Gasteiger partial charge on any atom is 0.224 e. The molecule has 1 aromatic rings. The molecule has 16 heavy (non-hydrogen) atoms. The fourth-order valence-corrected chi connectivity index (χ4v) is 2.49. The third kappa shape index (κ3) is 3.08. The Balaban J connectivity index is 1.87. The zero-order valence-corrected chi connectivity index (χ0v) is 10.4. The second-order valence-corrected chi connectivity index (χ2v) is 4.82. The van der Waals surface area contributed by atoms with Crippen LogP contribution in [0.1, 0.15) is 39.0 Å². The minimum absolute atomic E-state index is 0.312. The standard InChI is InChI=1S/C12H18ClN3/c1-2-9-3-5-10(6-4-9)15-11-7-8-14-12(13)16-11/h7-10H,2-6H2,1H3,(H,14,15,16). The molecule has 0 radical (unpaired) electrons. The van der Waals surface area contributed by atoms with Gasteiger partial charge in [-0.05, 0) is 49.3 Å². The molecular formula is C12H18ClN3. The molecule has 1 heterocycles. The third-order valence-electron chi connectivity index (χ3n) is 3.40. The summed E-state index contributed by atoms with van der Waals surface area (Å²) in [5.74, 6) is 1.77. The molecule has 3 nitrogen and oxygen atoms in total. The Morgan fingerprint density at radius 3 is 2.75 bits per heavy atom. The van der Waals surface area contributed by atoms with E-state index >= 15 is 0 Å². The van der Waals surface area contributed by atoms with Crippen molar-refractivity contribution in [1.29, 1.82) is 0 Å². The van der Waals surface area contributed by atoms with Crippen LogP contribution in [0, 0.1) is 5.92 Å². The Hall–Kier alpha value is -0.830. The second-order valence-electron chi connectivity index (χ2n) is 4.48. The minimum atomic E-state index is 0.312. The summed E-state index contributed by atoms with van der Waals surface area (Å²) < 4.78 is 0. The van der Waals surface area contributed by atoms with Crippen molar-refractivity contribution in [2.45, 2.75) is 45.1 Å². The van der Waals surface area contributed by atoms with Gasteiger partial charge < -0.3 is 5.32 Å². The maximum absolute atomic E-state index is 5.75. The molecule has 1 N–H and O–H groups in total. The van der Waals surface area contributed by atoms with E-state index in [1.54, 1.807) is 6.20 Å². The fraction of sp³-hybridized carbons (Fsp3) is 0.667. The second kappa shape index (κ2) is 5.48. The van der Waals surface area contributed by atoms with Crippen LogP contribution in [0.5, 0.6) is 0 Å². The summed E-state index contributed by atoms with van der Waals surface area (Å²) >= 11 is 5.75. The monoisotopic (exact) mass is 239 g/mol. The Kier molecular flexibility index (Phi) is 3.99. The largest absolute Gasteiger partial charge is 0.367 e. The number of anilines is 1. The molecule has 0 atom stereocenters. The van der Waals surface area contributed by atoms with Gasteiger partial charge in [-0.2, -0.15) is 0 Å². The predicted octanol–water partition coefficient (Wildman–Crippen LogP) is 3.51. The van der Waals surface area contributed by atoms with Crippen LogP contribution in [0.4, 0.5) is 5.82 Å². The average molecular weight is 240 g/mol. The Morgan fingerprint density at radius 2 is 2.12 bits per heavy atom. The first-order valence-electron chi connectivity index (χ1n) is 6.03. The van der Waals surface area contributed by atoms with Crippen molar-refractivity contribution in [3.63, 3.8) is 0 Å². The van der Waals surface area contributed by atoms with E-state index in [1.165, 1.54) is 32.1 Å². The van der Waals surface area contributed by atoms with Crippen LogP contribution in [-0.4, -0.2) is 16.0 Å². The normalized spacial score (nSPS) is 25.4. The molecule has 1 fully saturated rings. The first kappa shape index (κ1) is 11.6. The van der Waals surface area contributed by atoms with Crippen molar-refractivity contribution in [3.05, 3.63) is 17.5 Å². The van der Waals surface area contributed by atoms with Crippen molar-refractivity contribution in [1.82, 2.24) is 9.97 Å². The van der Waals surface area contributed by atoms with Gasteiger partial charge in [-0.15, -0.1) is 0 Å². The molecule has 1 aliphatic carbocycles. The molecule has 4 heteroatoms. The fourth-order valence-electron chi connectivity index (χ4n) is 2.34. The van der Waals surface area contributed by atoms with Crippen LogP contribution < -0.4 is 5.32 Å². The molecule has 1 aliphatic rings. The average Bonchev–Trinajstić information content (AvgIpc) is 2.30. The van der Waals surface area contributed by atoms with Gasteiger partial charge in [0.15, 0.2) is 0 Å². The number of rotatable bonds is 3. The highest BCUT2D eigenvalue weighted by molar-refractivity contribution is 6.28. The zero-order chi connectivity index (χ0) is 11.4. The third-order valence-corrected chi connectivity index (χ3v) is 3.58. The molecule has 0 aliphatic heterocycles. The van der Waals surface area contributed by atoms with Crippen molar-refractivity contribution >= 4 is 17.4 Å². The Morgan fingerprint density at radius 1 is 1.38 bits per heavy atom. The summed E-state index contributed by atoms with van der Waals surface area (Å²) in [7, 11) is 0. The molecule has 0 bridgehead atoms. The highest BCUT2D eigenvalue weighted by Crippen LogP contribution is 2.28. The van der Waals surface area contributed by atoms with E-state index in [4.69, 9.17) is 11.6 Å². The first-order valence-corrected chi connectivity index (χ1v) is 6.40. The zero-order valence-electron chi connectivity index (χ0n) is 9.62. The molecule has 0 spiro atoms.